The van der Waals surface area contributed by atoms with Crippen LogP contribution in [-0.4, -0.2) is 27.1 Å². The summed E-state index contributed by atoms with van der Waals surface area (Å²) in [5.74, 6) is -0.376. The number of aryl methyl sites for hydroxylation is 3. The molecule has 0 aromatic heterocycles. The second-order valence-corrected chi connectivity index (χ2v) is 7.83. The molecule has 0 radical (unpaired) electrons. The van der Waals surface area contributed by atoms with Crippen molar-refractivity contribution in [2.24, 2.45) is 0 Å². The zero-order valence-electron chi connectivity index (χ0n) is 14.3. The molecular formula is C18H22N2O3S. The topological polar surface area (TPSA) is 66.5 Å². The molecule has 0 aliphatic heterocycles. The van der Waals surface area contributed by atoms with E-state index >= 15 is 0 Å². The third-order valence-electron chi connectivity index (χ3n) is 3.72. The Morgan fingerprint density at radius 3 is 2.17 bits per heavy atom. The van der Waals surface area contributed by atoms with Crippen molar-refractivity contribution in [1.82, 2.24) is 0 Å². The molecule has 1 amide bonds. The molecule has 0 bridgehead atoms. The average molecular weight is 346 g/mol. The fourth-order valence-corrected chi connectivity index (χ4v) is 3.35. The Morgan fingerprint density at radius 2 is 1.62 bits per heavy atom. The quantitative estimate of drug-likeness (QED) is 0.905. The SMILES string of the molecule is Cc1cccc(N(CC(=O)Nc2c(C)cccc2C)S(C)(=O)=O)c1. The lowest BCUT2D eigenvalue weighted by molar-refractivity contribution is -0.114. The van der Waals surface area contributed by atoms with E-state index in [1.807, 2.05) is 45.0 Å². The van der Waals surface area contributed by atoms with Crippen LogP contribution in [0, 0.1) is 20.8 Å². The summed E-state index contributed by atoms with van der Waals surface area (Å²) in [5.41, 5.74) is 4.00. The van der Waals surface area contributed by atoms with Gasteiger partial charge < -0.3 is 5.32 Å². The number of carbonyl (C=O) groups excluding carboxylic acids is 1. The van der Waals surface area contributed by atoms with Crippen molar-refractivity contribution in [2.45, 2.75) is 20.8 Å². The minimum atomic E-state index is -3.57. The Bertz CT molecular complexity index is 840. The van der Waals surface area contributed by atoms with Crippen LogP contribution >= 0.6 is 0 Å². The van der Waals surface area contributed by atoms with Gasteiger partial charge in [-0.25, -0.2) is 8.42 Å². The van der Waals surface area contributed by atoms with Crippen LogP contribution in [0.5, 0.6) is 0 Å². The number of benzene rings is 2. The molecule has 0 saturated heterocycles. The molecule has 0 fully saturated rings. The Labute approximate surface area is 143 Å². The third kappa shape index (κ3) is 4.35. The van der Waals surface area contributed by atoms with Gasteiger partial charge in [-0.1, -0.05) is 30.3 Å². The van der Waals surface area contributed by atoms with E-state index in [2.05, 4.69) is 5.32 Å². The van der Waals surface area contributed by atoms with E-state index in [-0.39, 0.29) is 12.5 Å². The predicted octanol–water partition coefficient (Wildman–Crippen LogP) is 3.02. The van der Waals surface area contributed by atoms with Crippen LogP contribution in [0.3, 0.4) is 0 Å². The molecular weight excluding hydrogens is 324 g/mol. The molecule has 2 aromatic rings. The highest BCUT2D eigenvalue weighted by atomic mass is 32.2. The maximum absolute atomic E-state index is 12.4. The highest BCUT2D eigenvalue weighted by Gasteiger charge is 2.21. The Morgan fingerprint density at radius 1 is 1.04 bits per heavy atom. The van der Waals surface area contributed by atoms with Crippen molar-refractivity contribution >= 4 is 27.3 Å². The van der Waals surface area contributed by atoms with Gasteiger partial charge in [-0.3, -0.25) is 9.10 Å². The van der Waals surface area contributed by atoms with E-state index in [1.54, 1.807) is 18.2 Å². The van der Waals surface area contributed by atoms with Gasteiger partial charge in [0.15, 0.2) is 0 Å². The van der Waals surface area contributed by atoms with Crippen LogP contribution in [0.1, 0.15) is 16.7 Å². The monoisotopic (exact) mass is 346 g/mol. The maximum Gasteiger partial charge on any atom is 0.245 e. The zero-order chi connectivity index (χ0) is 17.9. The summed E-state index contributed by atoms with van der Waals surface area (Å²) in [6.07, 6.45) is 1.10. The number of rotatable bonds is 5. The molecule has 2 rings (SSSR count). The molecule has 0 heterocycles. The molecule has 0 aliphatic rings. The fourth-order valence-electron chi connectivity index (χ4n) is 2.50. The minimum Gasteiger partial charge on any atom is -0.324 e. The summed E-state index contributed by atoms with van der Waals surface area (Å²) in [7, 11) is -3.57. The van der Waals surface area contributed by atoms with Gasteiger partial charge in [-0.05, 0) is 49.6 Å². The van der Waals surface area contributed by atoms with Gasteiger partial charge in [0.25, 0.3) is 0 Å². The molecule has 0 spiro atoms. The highest BCUT2D eigenvalue weighted by Crippen LogP contribution is 2.21. The lowest BCUT2D eigenvalue weighted by atomic mass is 10.1. The number of carbonyl (C=O) groups is 1. The molecule has 1 N–H and O–H groups in total. The average Bonchev–Trinajstić information content (AvgIpc) is 2.47. The number of nitrogens with zero attached hydrogens (tertiary/aromatic N) is 1. The molecule has 0 unspecified atom stereocenters. The number of nitrogens with one attached hydrogen (secondary N) is 1. The molecule has 0 aliphatic carbocycles. The Balaban J connectivity index is 2.26. The molecule has 6 heteroatoms. The van der Waals surface area contributed by atoms with Gasteiger partial charge in [-0.15, -0.1) is 0 Å². The van der Waals surface area contributed by atoms with Crippen LogP contribution in [0.25, 0.3) is 0 Å². The summed E-state index contributed by atoms with van der Waals surface area (Å²) >= 11 is 0. The number of sulfonamides is 1. The van der Waals surface area contributed by atoms with Crippen LogP contribution in [0.15, 0.2) is 42.5 Å². The van der Waals surface area contributed by atoms with E-state index < -0.39 is 10.0 Å². The zero-order valence-corrected chi connectivity index (χ0v) is 15.1. The van der Waals surface area contributed by atoms with Crippen molar-refractivity contribution < 1.29 is 13.2 Å². The highest BCUT2D eigenvalue weighted by molar-refractivity contribution is 7.92. The summed E-state index contributed by atoms with van der Waals surface area (Å²) in [4.78, 5) is 12.4. The molecule has 128 valence electrons. The summed E-state index contributed by atoms with van der Waals surface area (Å²) in [6, 6.07) is 12.8. The van der Waals surface area contributed by atoms with Crippen molar-refractivity contribution in [2.75, 3.05) is 22.4 Å². The van der Waals surface area contributed by atoms with E-state index in [0.717, 1.165) is 32.9 Å². The molecule has 24 heavy (non-hydrogen) atoms. The van der Waals surface area contributed by atoms with Gasteiger partial charge in [0.1, 0.15) is 6.54 Å². The molecule has 5 nitrogen and oxygen atoms in total. The first-order valence-corrected chi connectivity index (χ1v) is 9.44. The normalized spacial score (nSPS) is 11.2. The van der Waals surface area contributed by atoms with E-state index in [9.17, 15) is 13.2 Å². The van der Waals surface area contributed by atoms with Crippen LogP contribution < -0.4 is 9.62 Å². The van der Waals surface area contributed by atoms with Crippen molar-refractivity contribution in [3.05, 3.63) is 59.2 Å². The smallest absolute Gasteiger partial charge is 0.245 e. The first-order valence-electron chi connectivity index (χ1n) is 7.59. The predicted molar refractivity (Wildman–Crippen MR) is 97.9 cm³/mol. The number of hydrogen-bond donors (Lipinski definition) is 1. The first kappa shape index (κ1) is 18.0. The second kappa shape index (κ2) is 7.05. The first-order chi connectivity index (χ1) is 11.2. The second-order valence-electron chi connectivity index (χ2n) is 5.92. The summed E-state index contributed by atoms with van der Waals surface area (Å²) in [5, 5.41) is 2.82. The fraction of sp³-hybridized carbons (Fsp3) is 0.278. The lowest BCUT2D eigenvalue weighted by Gasteiger charge is -2.22. The third-order valence-corrected chi connectivity index (χ3v) is 4.86. The van der Waals surface area contributed by atoms with Crippen molar-refractivity contribution in [1.29, 1.82) is 0 Å². The Hall–Kier alpha value is -2.34. The van der Waals surface area contributed by atoms with Gasteiger partial charge in [0.05, 0.1) is 11.9 Å². The minimum absolute atomic E-state index is 0.268. The van der Waals surface area contributed by atoms with E-state index in [0.29, 0.717) is 5.69 Å². The van der Waals surface area contributed by atoms with Crippen LogP contribution in [0.4, 0.5) is 11.4 Å². The number of amides is 1. The lowest BCUT2D eigenvalue weighted by Crippen LogP contribution is -2.37. The van der Waals surface area contributed by atoms with Gasteiger partial charge >= 0.3 is 0 Å². The van der Waals surface area contributed by atoms with Gasteiger partial charge in [0, 0.05) is 5.69 Å². The van der Waals surface area contributed by atoms with E-state index in [1.165, 1.54) is 0 Å². The Kier molecular flexibility index (Phi) is 5.29. The van der Waals surface area contributed by atoms with Crippen molar-refractivity contribution in [3.63, 3.8) is 0 Å². The summed E-state index contributed by atoms with van der Waals surface area (Å²) in [6.45, 7) is 5.41. The van der Waals surface area contributed by atoms with Gasteiger partial charge in [0.2, 0.25) is 15.9 Å². The molecule has 0 saturated carbocycles. The maximum atomic E-state index is 12.4. The standard InChI is InChI=1S/C18H22N2O3S/c1-13-7-5-10-16(11-13)20(24(4,22)23)12-17(21)19-18-14(2)8-6-9-15(18)3/h5-11H,12H2,1-4H3,(H,19,21). The number of hydrogen-bond acceptors (Lipinski definition) is 3. The molecule has 0 atom stereocenters. The molecule has 2 aromatic carbocycles. The largest absolute Gasteiger partial charge is 0.324 e. The van der Waals surface area contributed by atoms with Crippen LogP contribution in [-0.2, 0) is 14.8 Å². The number of para-hydroxylation sites is 1. The van der Waals surface area contributed by atoms with Gasteiger partial charge in [-0.2, -0.15) is 0 Å². The van der Waals surface area contributed by atoms with Crippen LogP contribution in [0.2, 0.25) is 0 Å². The van der Waals surface area contributed by atoms with E-state index in [4.69, 9.17) is 0 Å². The summed E-state index contributed by atoms with van der Waals surface area (Å²) < 4.78 is 25.3. The van der Waals surface area contributed by atoms with Crippen molar-refractivity contribution in [3.8, 4) is 0 Å². The number of anilines is 2.